The fourth-order valence-electron chi connectivity index (χ4n) is 2.24. The summed E-state index contributed by atoms with van der Waals surface area (Å²) in [5.74, 6) is -0.107. The largest absolute Gasteiger partial charge is 0.490 e. The Morgan fingerprint density at radius 1 is 1.29 bits per heavy atom. The number of amides is 1. The second-order valence-electron chi connectivity index (χ2n) is 5.42. The van der Waals surface area contributed by atoms with E-state index in [2.05, 4.69) is 26.4 Å². The van der Waals surface area contributed by atoms with Crippen LogP contribution in [0.25, 0.3) is 0 Å². The molecule has 0 aromatic heterocycles. The molecule has 0 aliphatic carbocycles. The van der Waals surface area contributed by atoms with E-state index in [0.717, 1.165) is 12.1 Å². The van der Waals surface area contributed by atoms with Crippen LogP contribution in [0.5, 0.6) is 11.5 Å². The Morgan fingerprint density at radius 3 is 2.68 bits per heavy atom. The average molecular weight is 461 g/mol. The zero-order chi connectivity index (χ0) is 20.7. The predicted molar refractivity (Wildman–Crippen MR) is 100 cm³/mol. The lowest BCUT2D eigenvalue weighted by molar-refractivity contribution is -0.137. The number of halogens is 4. The molecule has 0 radical (unpaired) electrons. The second-order valence-corrected chi connectivity index (χ2v) is 6.28. The molecule has 150 valence electrons. The number of nitrogens with one attached hydrogen (secondary N) is 1. The quantitative estimate of drug-likeness (QED) is 0.356. The van der Waals surface area contributed by atoms with Crippen LogP contribution in [-0.4, -0.2) is 30.5 Å². The van der Waals surface area contributed by atoms with Crippen molar-refractivity contribution in [2.24, 2.45) is 5.16 Å². The first-order chi connectivity index (χ1) is 13.2. The lowest BCUT2D eigenvalue weighted by atomic mass is 10.2. The predicted octanol–water partition coefficient (Wildman–Crippen LogP) is 4.69. The van der Waals surface area contributed by atoms with E-state index in [1.165, 1.54) is 18.3 Å². The Labute approximate surface area is 167 Å². The van der Waals surface area contributed by atoms with Gasteiger partial charge in [0.1, 0.15) is 0 Å². The van der Waals surface area contributed by atoms with Crippen LogP contribution in [-0.2, 0) is 11.0 Å². The molecule has 2 N–H and O–H groups in total. The van der Waals surface area contributed by atoms with Gasteiger partial charge in [0, 0.05) is 11.3 Å². The van der Waals surface area contributed by atoms with Crippen molar-refractivity contribution in [2.45, 2.75) is 13.1 Å². The second kappa shape index (κ2) is 9.45. The van der Waals surface area contributed by atoms with Gasteiger partial charge in [0.15, 0.2) is 18.1 Å². The van der Waals surface area contributed by atoms with Gasteiger partial charge in [-0.3, -0.25) is 4.79 Å². The van der Waals surface area contributed by atoms with E-state index in [1.807, 2.05) is 0 Å². The Kier molecular flexibility index (Phi) is 7.27. The average Bonchev–Trinajstić information content (AvgIpc) is 2.61. The topological polar surface area (TPSA) is 80.2 Å². The maximum Gasteiger partial charge on any atom is 0.416 e. The van der Waals surface area contributed by atoms with Crippen LogP contribution in [0.2, 0.25) is 0 Å². The molecule has 0 fully saturated rings. The first-order valence-electron chi connectivity index (χ1n) is 7.98. The number of alkyl halides is 3. The van der Waals surface area contributed by atoms with Crippen molar-refractivity contribution >= 4 is 33.7 Å². The van der Waals surface area contributed by atoms with Crippen molar-refractivity contribution in [1.29, 1.82) is 0 Å². The number of ether oxygens (including phenoxy) is 2. The number of benzene rings is 2. The first-order valence-corrected chi connectivity index (χ1v) is 8.77. The monoisotopic (exact) mass is 460 g/mol. The fourth-order valence-corrected chi connectivity index (χ4v) is 2.81. The first kappa shape index (κ1) is 21.5. The van der Waals surface area contributed by atoms with E-state index >= 15 is 0 Å². The number of carbonyl (C=O) groups excluding carboxylic acids is 1. The molecule has 2 aromatic rings. The third-order valence-corrected chi connectivity index (χ3v) is 3.95. The van der Waals surface area contributed by atoms with E-state index in [9.17, 15) is 18.0 Å². The lowest BCUT2D eigenvalue weighted by Gasteiger charge is -2.15. The van der Waals surface area contributed by atoms with Gasteiger partial charge in [0.25, 0.3) is 5.91 Å². The zero-order valence-corrected chi connectivity index (χ0v) is 16.2. The Balaban J connectivity index is 2.10. The van der Waals surface area contributed by atoms with E-state index in [0.29, 0.717) is 22.4 Å². The minimum Gasteiger partial charge on any atom is -0.490 e. The SMILES string of the molecule is CCOc1cc(/C=N\O)cc(Br)c1OCC(=O)Nc1cccc(C(F)(F)F)c1. The van der Waals surface area contributed by atoms with Gasteiger partial charge in [-0.1, -0.05) is 11.2 Å². The van der Waals surface area contributed by atoms with Crippen molar-refractivity contribution in [3.05, 3.63) is 52.0 Å². The molecule has 0 aliphatic heterocycles. The van der Waals surface area contributed by atoms with Gasteiger partial charge in [-0.05, 0) is 53.2 Å². The standard InChI is InChI=1S/C18H16BrF3N2O4/c1-2-27-15-7-11(9-23-26)6-14(19)17(15)28-10-16(25)24-13-5-3-4-12(8-13)18(20,21)22/h3-9,26H,2,10H2,1H3,(H,24,25)/b23-9-. The van der Waals surface area contributed by atoms with Gasteiger partial charge >= 0.3 is 6.18 Å². The summed E-state index contributed by atoms with van der Waals surface area (Å²) in [5.41, 5.74) is -0.339. The molecule has 6 nitrogen and oxygen atoms in total. The summed E-state index contributed by atoms with van der Waals surface area (Å²) in [6.07, 6.45) is -3.31. The maximum atomic E-state index is 12.7. The smallest absolute Gasteiger partial charge is 0.416 e. The third kappa shape index (κ3) is 5.88. The van der Waals surface area contributed by atoms with Gasteiger partial charge in [-0.2, -0.15) is 13.2 Å². The molecule has 0 spiro atoms. The summed E-state index contributed by atoms with van der Waals surface area (Å²) >= 11 is 3.28. The van der Waals surface area contributed by atoms with Gasteiger partial charge in [-0.25, -0.2) is 0 Å². The molecule has 0 bridgehead atoms. The highest BCUT2D eigenvalue weighted by Crippen LogP contribution is 2.36. The molecule has 0 saturated carbocycles. The van der Waals surface area contributed by atoms with Crippen molar-refractivity contribution in [3.63, 3.8) is 0 Å². The van der Waals surface area contributed by atoms with Crippen LogP contribution in [0.3, 0.4) is 0 Å². The Hall–Kier alpha value is -2.75. The molecule has 2 rings (SSSR count). The fraction of sp³-hybridized carbons (Fsp3) is 0.222. The van der Waals surface area contributed by atoms with Crippen molar-refractivity contribution < 1.29 is 32.6 Å². The Morgan fingerprint density at radius 2 is 2.04 bits per heavy atom. The number of nitrogens with zero attached hydrogens (tertiary/aromatic N) is 1. The number of rotatable bonds is 7. The molecular formula is C18H16BrF3N2O4. The van der Waals surface area contributed by atoms with Crippen LogP contribution < -0.4 is 14.8 Å². The summed E-state index contributed by atoms with van der Waals surface area (Å²) in [4.78, 5) is 12.1. The molecule has 0 heterocycles. The Bertz CT molecular complexity index is 872. The van der Waals surface area contributed by atoms with Crippen LogP contribution >= 0.6 is 15.9 Å². The lowest BCUT2D eigenvalue weighted by Crippen LogP contribution is -2.21. The minimum atomic E-state index is -4.51. The maximum absolute atomic E-state index is 12.7. The summed E-state index contributed by atoms with van der Waals surface area (Å²) in [5, 5.41) is 13.9. The molecule has 0 atom stereocenters. The highest BCUT2D eigenvalue weighted by molar-refractivity contribution is 9.10. The summed E-state index contributed by atoms with van der Waals surface area (Å²) in [6.45, 7) is 1.62. The van der Waals surface area contributed by atoms with Crippen LogP contribution in [0.1, 0.15) is 18.1 Å². The van der Waals surface area contributed by atoms with Crippen molar-refractivity contribution in [1.82, 2.24) is 0 Å². The number of oxime groups is 1. The normalized spacial score (nSPS) is 11.5. The third-order valence-electron chi connectivity index (χ3n) is 3.36. The van der Waals surface area contributed by atoms with Gasteiger partial charge in [-0.15, -0.1) is 0 Å². The molecule has 0 saturated heterocycles. The molecule has 0 unspecified atom stereocenters. The highest BCUT2D eigenvalue weighted by atomic mass is 79.9. The highest BCUT2D eigenvalue weighted by Gasteiger charge is 2.30. The zero-order valence-electron chi connectivity index (χ0n) is 14.6. The number of hydrogen-bond acceptors (Lipinski definition) is 5. The van der Waals surface area contributed by atoms with Crippen molar-refractivity contribution in [3.8, 4) is 11.5 Å². The number of carbonyl (C=O) groups is 1. The van der Waals surface area contributed by atoms with Gasteiger partial charge in [0.05, 0.1) is 22.9 Å². The summed E-state index contributed by atoms with van der Waals surface area (Å²) in [7, 11) is 0. The molecular weight excluding hydrogens is 445 g/mol. The molecule has 28 heavy (non-hydrogen) atoms. The summed E-state index contributed by atoms with van der Waals surface area (Å²) in [6, 6.07) is 7.43. The van der Waals surface area contributed by atoms with Gasteiger partial charge < -0.3 is 20.0 Å². The van der Waals surface area contributed by atoms with E-state index in [-0.39, 0.29) is 11.4 Å². The van der Waals surface area contributed by atoms with Crippen LogP contribution in [0.15, 0.2) is 46.0 Å². The number of anilines is 1. The van der Waals surface area contributed by atoms with E-state index < -0.39 is 24.3 Å². The van der Waals surface area contributed by atoms with Crippen molar-refractivity contribution in [2.75, 3.05) is 18.5 Å². The summed E-state index contributed by atoms with van der Waals surface area (Å²) < 4.78 is 49.6. The number of hydrogen-bond donors (Lipinski definition) is 2. The van der Waals surface area contributed by atoms with E-state index in [1.54, 1.807) is 19.1 Å². The minimum absolute atomic E-state index is 0.00188. The van der Waals surface area contributed by atoms with Gasteiger partial charge in [0.2, 0.25) is 0 Å². The molecule has 1 amide bonds. The molecule has 0 aliphatic rings. The molecule has 10 heteroatoms. The van der Waals surface area contributed by atoms with E-state index in [4.69, 9.17) is 14.7 Å². The van der Waals surface area contributed by atoms with Crippen LogP contribution in [0.4, 0.5) is 18.9 Å². The van der Waals surface area contributed by atoms with Crippen LogP contribution in [0, 0.1) is 0 Å². The molecule has 2 aromatic carbocycles.